The van der Waals surface area contributed by atoms with Gasteiger partial charge in [0, 0.05) is 5.56 Å². The molecule has 31 heavy (non-hydrogen) atoms. The SMILES string of the molecule is COC(=O)Nc1nc2cc3c(cc2[nH]1)C(C)(C)C(=O)N3CC(=O)c1ccc(OC)cc1. The molecule has 3 aromatic rings. The van der Waals surface area contributed by atoms with Gasteiger partial charge in [-0.1, -0.05) is 0 Å². The summed E-state index contributed by atoms with van der Waals surface area (Å²) in [6.45, 7) is 3.55. The van der Waals surface area contributed by atoms with E-state index >= 15 is 0 Å². The van der Waals surface area contributed by atoms with E-state index in [1.165, 1.54) is 12.0 Å². The Morgan fingerprint density at radius 2 is 1.87 bits per heavy atom. The maximum Gasteiger partial charge on any atom is 0.413 e. The fourth-order valence-electron chi connectivity index (χ4n) is 3.71. The molecule has 2 heterocycles. The van der Waals surface area contributed by atoms with Crippen molar-refractivity contribution in [3.05, 3.63) is 47.5 Å². The lowest BCUT2D eigenvalue weighted by molar-refractivity contribution is -0.122. The fourth-order valence-corrected chi connectivity index (χ4v) is 3.71. The monoisotopic (exact) mass is 422 g/mol. The maximum atomic E-state index is 13.2. The molecule has 1 aliphatic heterocycles. The molecule has 2 aromatic carbocycles. The van der Waals surface area contributed by atoms with Crippen LogP contribution in [-0.4, -0.2) is 48.5 Å². The van der Waals surface area contributed by atoms with Crippen molar-refractivity contribution in [1.82, 2.24) is 9.97 Å². The van der Waals surface area contributed by atoms with Gasteiger partial charge in [-0.3, -0.25) is 14.9 Å². The van der Waals surface area contributed by atoms with Gasteiger partial charge in [-0.2, -0.15) is 0 Å². The van der Waals surface area contributed by atoms with E-state index in [2.05, 4.69) is 20.0 Å². The van der Waals surface area contributed by atoms with Gasteiger partial charge in [0.1, 0.15) is 5.75 Å². The lowest BCUT2D eigenvalue weighted by Crippen LogP contribution is -2.39. The molecule has 0 fully saturated rings. The smallest absolute Gasteiger partial charge is 0.413 e. The highest BCUT2D eigenvalue weighted by Gasteiger charge is 2.45. The van der Waals surface area contributed by atoms with Crippen LogP contribution in [0.5, 0.6) is 5.75 Å². The van der Waals surface area contributed by atoms with Crippen LogP contribution in [0.15, 0.2) is 36.4 Å². The van der Waals surface area contributed by atoms with Crippen LogP contribution < -0.4 is 15.0 Å². The normalized spacial score (nSPS) is 14.5. The molecule has 0 spiro atoms. The first-order valence-electron chi connectivity index (χ1n) is 9.63. The van der Waals surface area contributed by atoms with Gasteiger partial charge < -0.3 is 19.4 Å². The molecule has 0 atom stereocenters. The summed E-state index contributed by atoms with van der Waals surface area (Å²) in [5.74, 6) is 0.535. The van der Waals surface area contributed by atoms with Gasteiger partial charge >= 0.3 is 6.09 Å². The van der Waals surface area contributed by atoms with Gasteiger partial charge in [0.2, 0.25) is 11.9 Å². The van der Waals surface area contributed by atoms with E-state index < -0.39 is 11.5 Å². The second kappa shape index (κ2) is 7.42. The van der Waals surface area contributed by atoms with Crippen LogP contribution in [0, 0.1) is 0 Å². The quantitative estimate of drug-likeness (QED) is 0.610. The van der Waals surface area contributed by atoms with Crippen LogP contribution in [0.25, 0.3) is 11.0 Å². The fraction of sp³-hybridized carbons (Fsp3) is 0.273. The van der Waals surface area contributed by atoms with Crippen molar-refractivity contribution in [2.45, 2.75) is 19.3 Å². The number of Topliss-reactive ketones (excluding diaryl/α,β-unsaturated/α-hetero) is 1. The van der Waals surface area contributed by atoms with Gasteiger partial charge in [-0.15, -0.1) is 0 Å². The molecule has 0 bridgehead atoms. The summed E-state index contributed by atoms with van der Waals surface area (Å²) < 4.78 is 9.71. The summed E-state index contributed by atoms with van der Waals surface area (Å²) in [6, 6.07) is 10.3. The van der Waals surface area contributed by atoms with Crippen molar-refractivity contribution >= 4 is 40.5 Å². The number of amides is 2. The first-order chi connectivity index (χ1) is 14.7. The zero-order chi connectivity index (χ0) is 22.3. The number of carbonyl (C=O) groups is 3. The number of anilines is 2. The summed E-state index contributed by atoms with van der Waals surface area (Å²) in [4.78, 5) is 46.3. The van der Waals surface area contributed by atoms with E-state index in [0.717, 1.165) is 5.56 Å². The molecular formula is C22H22N4O5. The van der Waals surface area contributed by atoms with Crippen molar-refractivity contribution < 1.29 is 23.9 Å². The number of methoxy groups -OCH3 is 2. The van der Waals surface area contributed by atoms with Gasteiger partial charge in [0.15, 0.2) is 5.78 Å². The highest BCUT2D eigenvalue weighted by molar-refractivity contribution is 6.14. The van der Waals surface area contributed by atoms with E-state index in [0.29, 0.717) is 28.0 Å². The maximum absolute atomic E-state index is 13.2. The average Bonchev–Trinajstić information content (AvgIpc) is 3.23. The number of nitrogens with zero attached hydrogens (tertiary/aromatic N) is 2. The molecule has 160 valence electrons. The first kappa shape index (κ1) is 20.4. The number of ketones is 1. The topological polar surface area (TPSA) is 114 Å². The number of hydrogen-bond acceptors (Lipinski definition) is 6. The first-order valence-corrected chi connectivity index (χ1v) is 9.63. The van der Waals surface area contributed by atoms with Crippen LogP contribution in [0.2, 0.25) is 0 Å². The number of rotatable bonds is 5. The second-order valence-corrected chi connectivity index (χ2v) is 7.76. The van der Waals surface area contributed by atoms with Gasteiger partial charge in [0.25, 0.3) is 0 Å². The van der Waals surface area contributed by atoms with E-state index in [-0.39, 0.29) is 24.2 Å². The molecule has 0 radical (unpaired) electrons. The minimum atomic E-state index is -0.815. The number of H-pyrrole nitrogens is 1. The van der Waals surface area contributed by atoms with Crippen molar-refractivity contribution in [1.29, 1.82) is 0 Å². The molecule has 1 aromatic heterocycles. The zero-order valence-electron chi connectivity index (χ0n) is 17.6. The number of aromatic amines is 1. The lowest BCUT2D eigenvalue weighted by Gasteiger charge is -2.19. The van der Waals surface area contributed by atoms with E-state index in [1.807, 2.05) is 19.9 Å². The second-order valence-electron chi connectivity index (χ2n) is 7.76. The third kappa shape index (κ3) is 3.48. The highest BCUT2D eigenvalue weighted by Crippen LogP contribution is 2.43. The summed E-state index contributed by atoms with van der Waals surface area (Å²) >= 11 is 0. The summed E-state index contributed by atoms with van der Waals surface area (Å²) in [5, 5.41) is 2.49. The number of carbonyl (C=O) groups excluding carboxylic acids is 3. The number of imidazole rings is 1. The Kier molecular flexibility index (Phi) is 4.88. The Hall–Kier alpha value is -3.88. The highest BCUT2D eigenvalue weighted by atomic mass is 16.5. The molecule has 9 heteroatoms. The van der Waals surface area contributed by atoms with Crippen LogP contribution in [0.3, 0.4) is 0 Å². The van der Waals surface area contributed by atoms with Crippen molar-refractivity contribution in [3.8, 4) is 5.75 Å². The van der Waals surface area contributed by atoms with Gasteiger partial charge in [-0.25, -0.2) is 9.78 Å². The van der Waals surface area contributed by atoms with E-state index in [4.69, 9.17) is 4.74 Å². The molecule has 0 unspecified atom stereocenters. The number of benzene rings is 2. The Morgan fingerprint density at radius 3 is 2.52 bits per heavy atom. The summed E-state index contributed by atoms with van der Waals surface area (Å²) in [5.41, 5.74) is 2.29. The minimum absolute atomic E-state index is 0.0925. The van der Waals surface area contributed by atoms with Crippen LogP contribution in [-0.2, 0) is 14.9 Å². The van der Waals surface area contributed by atoms with Crippen LogP contribution >= 0.6 is 0 Å². The Bertz CT molecular complexity index is 1200. The van der Waals surface area contributed by atoms with Crippen molar-refractivity contribution in [3.63, 3.8) is 0 Å². The number of aromatic nitrogens is 2. The third-order valence-corrected chi connectivity index (χ3v) is 5.46. The molecular weight excluding hydrogens is 400 g/mol. The average molecular weight is 422 g/mol. The number of ether oxygens (including phenoxy) is 2. The number of hydrogen-bond donors (Lipinski definition) is 2. The number of fused-ring (bicyclic) bond motifs is 2. The summed E-state index contributed by atoms with van der Waals surface area (Å²) in [6.07, 6.45) is -0.645. The minimum Gasteiger partial charge on any atom is -0.497 e. The standard InChI is InChI=1S/C22H22N4O5/c1-22(2)14-9-15-16(24-20(23-15)25-21(29)31-4)10-17(14)26(19(22)28)11-18(27)12-5-7-13(30-3)8-6-12/h5-10H,11H2,1-4H3,(H2,23,24,25,29). The predicted octanol–water partition coefficient (Wildman–Crippen LogP) is 3.26. The van der Waals surface area contributed by atoms with Gasteiger partial charge in [-0.05, 0) is 55.8 Å². The molecule has 2 amide bonds. The van der Waals surface area contributed by atoms with Crippen LogP contribution in [0.4, 0.5) is 16.4 Å². The van der Waals surface area contributed by atoms with Crippen LogP contribution in [0.1, 0.15) is 29.8 Å². The molecule has 0 aliphatic carbocycles. The van der Waals surface area contributed by atoms with E-state index in [9.17, 15) is 14.4 Å². The van der Waals surface area contributed by atoms with Crippen molar-refractivity contribution in [2.75, 3.05) is 31.0 Å². The van der Waals surface area contributed by atoms with E-state index in [1.54, 1.807) is 37.4 Å². The molecule has 4 rings (SSSR count). The largest absolute Gasteiger partial charge is 0.497 e. The summed E-state index contributed by atoms with van der Waals surface area (Å²) in [7, 11) is 2.82. The molecule has 2 N–H and O–H groups in total. The van der Waals surface area contributed by atoms with Gasteiger partial charge in [0.05, 0.1) is 42.9 Å². The molecule has 0 saturated carbocycles. The molecule has 0 saturated heterocycles. The zero-order valence-corrected chi connectivity index (χ0v) is 17.6. The predicted molar refractivity (Wildman–Crippen MR) is 115 cm³/mol. The Balaban J connectivity index is 1.68. The third-order valence-electron chi connectivity index (χ3n) is 5.46. The lowest BCUT2D eigenvalue weighted by atomic mass is 9.86. The Labute approximate surface area is 178 Å². The Morgan fingerprint density at radius 1 is 1.16 bits per heavy atom. The molecule has 1 aliphatic rings. The van der Waals surface area contributed by atoms with Crippen molar-refractivity contribution in [2.24, 2.45) is 0 Å². The molecule has 9 nitrogen and oxygen atoms in total. The number of nitrogens with one attached hydrogen (secondary N) is 2.